The Morgan fingerprint density at radius 3 is 2.69 bits per heavy atom. The average molecular weight is 373 g/mol. The summed E-state index contributed by atoms with van der Waals surface area (Å²) in [4.78, 5) is 13.3. The number of non-ortho nitro benzene ring substituents is 1. The van der Waals surface area contributed by atoms with E-state index in [2.05, 4.69) is 18.0 Å². The Labute approximate surface area is 157 Å². The van der Waals surface area contributed by atoms with Gasteiger partial charge in [-0.1, -0.05) is 17.7 Å². The van der Waals surface area contributed by atoms with Gasteiger partial charge >= 0.3 is 0 Å². The maximum Gasteiger partial charge on any atom is 0.269 e. The van der Waals surface area contributed by atoms with Crippen LogP contribution in [0.5, 0.6) is 5.75 Å². The van der Waals surface area contributed by atoms with Crippen LogP contribution in [0.3, 0.4) is 0 Å². The van der Waals surface area contributed by atoms with Gasteiger partial charge in [-0.3, -0.25) is 10.1 Å². The van der Waals surface area contributed by atoms with Crippen LogP contribution in [-0.2, 0) is 12.8 Å². The normalized spacial score (nSPS) is 22.0. The summed E-state index contributed by atoms with van der Waals surface area (Å²) < 4.78 is 5.46. The lowest BCUT2D eigenvalue weighted by Gasteiger charge is -2.38. The van der Waals surface area contributed by atoms with E-state index in [1.54, 1.807) is 19.2 Å². The molecular formula is C20H21ClN2O3. The number of nitrogens with zero attached hydrogens (tertiary/aromatic N) is 2. The molecule has 2 aromatic carbocycles. The van der Waals surface area contributed by atoms with Gasteiger partial charge < -0.3 is 9.64 Å². The van der Waals surface area contributed by atoms with Gasteiger partial charge in [-0.2, -0.15) is 0 Å². The smallest absolute Gasteiger partial charge is 0.269 e. The van der Waals surface area contributed by atoms with Crippen LogP contribution in [0.25, 0.3) is 0 Å². The number of halogens is 1. The third-order valence-corrected chi connectivity index (χ3v) is 6.11. The fraction of sp³-hybridized carbons (Fsp3) is 0.400. The molecule has 1 heterocycles. The third-order valence-electron chi connectivity index (χ3n) is 5.82. The first-order chi connectivity index (χ1) is 12.5. The van der Waals surface area contributed by atoms with Gasteiger partial charge in [0, 0.05) is 30.6 Å². The number of nitro benzene ring substituents is 1. The molecule has 26 heavy (non-hydrogen) atoms. The summed E-state index contributed by atoms with van der Waals surface area (Å²) in [5, 5.41) is 11.8. The zero-order chi connectivity index (χ0) is 18.4. The Balaban J connectivity index is 1.91. The first-order valence-corrected chi connectivity index (χ1v) is 9.21. The molecule has 0 fully saturated rings. The van der Waals surface area contributed by atoms with E-state index in [1.165, 1.54) is 16.7 Å². The molecule has 0 bridgehead atoms. The van der Waals surface area contributed by atoms with Crippen LogP contribution < -0.4 is 4.74 Å². The number of fused-ring (bicyclic) bond motifs is 5. The highest BCUT2D eigenvalue weighted by Crippen LogP contribution is 2.45. The van der Waals surface area contributed by atoms with Crippen LogP contribution in [0.1, 0.15) is 34.6 Å². The summed E-state index contributed by atoms with van der Waals surface area (Å²) in [6, 6.07) is 9.75. The van der Waals surface area contributed by atoms with Gasteiger partial charge in [-0.05, 0) is 60.7 Å². The van der Waals surface area contributed by atoms with Crippen LogP contribution >= 0.6 is 11.6 Å². The monoisotopic (exact) mass is 372 g/mol. The number of rotatable bonds is 2. The van der Waals surface area contributed by atoms with E-state index in [1.807, 2.05) is 12.1 Å². The van der Waals surface area contributed by atoms with E-state index < -0.39 is 0 Å². The van der Waals surface area contributed by atoms with E-state index in [0.29, 0.717) is 16.8 Å². The maximum atomic E-state index is 11.2. The Bertz CT molecular complexity index is 884. The molecule has 0 N–H and O–H groups in total. The first kappa shape index (κ1) is 17.3. The van der Waals surface area contributed by atoms with Crippen molar-refractivity contribution in [3.05, 3.63) is 67.7 Å². The highest BCUT2D eigenvalue weighted by atomic mass is 35.5. The summed E-state index contributed by atoms with van der Waals surface area (Å²) >= 11 is 6.37. The molecule has 0 aromatic heterocycles. The number of nitro groups is 1. The van der Waals surface area contributed by atoms with Gasteiger partial charge in [0.1, 0.15) is 5.75 Å². The molecule has 1 aliphatic carbocycles. The molecule has 2 aliphatic rings. The third kappa shape index (κ3) is 2.75. The van der Waals surface area contributed by atoms with Crippen molar-refractivity contribution in [2.45, 2.75) is 31.2 Å². The van der Waals surface area contributed by atoms with Gasteiger partial charge in [0.25, 0.3) is 5.69 Å². The predicted molar refractivity (Wildman–Crippen MR) is 101 cm³/mol. The summed E-state index contributed by atoms with van der Waals surface area (Å²) in [5.74, 6) is 0.857. The van der Waals surface area contributed by atoms with Gasteiger partial charge in [0.05, 0.1) is 17.1 Å². The molecule has 2 aromatic rings. The number of aryl methyl sites for hydroxylation is 1. The predicted octanol–water partition coefficient (Wildman–Crippen LogP) is 4.19. The lowest BCUT2D eigenvalue weighted by molar-refractivity contribution is -0.384. The van der Waals surface area contributed by atoms with Crippen LogP contribution in [0, 0.1) is 10.1 Å². The molecule has 5 nitrogen and oxygen atoms in total. The Hall–Kier alpha value is -2.11. The highest BCUT2D eigenvalue weighted by molar-refractivity contribution is 6.32. The lowest BCUT2D eigenvalue weighted by atomic mass is 9.74. The van der Waals surface area contributed by atoms with Crippen molar-refractivity contribution in [2.75, 3.05) is 20.7 Å². The van der Waals surface area contributed by atoms with Crippen molar-refractivity contribution in [2.24, 2.45) is 0 Å². The van der Waals surface area contributed by atoms with Gasteiger partial charge in [-0.15, -0.1) is 0 Å². The largest absolute Gasteiger partial charge is 0.495 e. The van der Waals surface area contributed by atoms with E-state index >= 15 is 0 Å². The number of benzene rings is 2. The van der Waals surface area contributed by atoms with Gasteiger partial charge in [0.2, 0.25) is 0 Å². The molecule has 0 saturated heterocycles. The summed E-state index contributed by atoms with van der Waals surface area (Å²) in [6.45, 7) is 0.971. The van der Waals surface area contributed by atoms with Gasteiger partial charge in [-0.25, -0.2) is 0 Å². The van der Waals surface area contributed by atoms with Crippen LogP contribution in [0.15, 0.2) is 30.3 Å². The fourth-order valence-electron chi connectivity index (χ4n) is 4.49. The average Bonchev–Trinajstić information content (AvgIpc) is 2.77. The van der Waals surface area contributed by atoms with Crippen molar-refractivity contribution in [3.63, 3.8) is 0 Å². The number of likely N-dealkylation sites (N-methyl/N-ethyl adjacent to an activating group) is 1. The molecule has 136 valence electrons. The second-order valence-corrected chi connectivity index (χ2v) is 7.55. The maximum absolute atomic E-state index is 11.2. The standard InChI is InChI=1S/C20H21ClN2O3/c1-22-8-7-13-10-17(21)19(26-2)11-16(13)20-15-5-4-14(23(24)25)9-12(15)3-6-18(20)22/h4-5,9-11,18,20H,3,6-8H2,1-2H3/t18-,20+/m0/s1. The molecule has 0 radical (unpaired) electrons. The van der Waals surface area contributed by atoms with Crippen LogP contribution in [0.2, 0.25) is 5.02 Å². The fourth-order valence-corrected chi connectivity index (χ4v) is 4.75. The van der Waals surface area contributed by atoms with Gasteiger partial charge in [0.15, 0.2) is 0 Å². The minimum atomic E-state index is -0.317. The van der Waals surface area contributed by atoms with E-state index in [9.17, 15) is 10.1 Å². The van der Waals surface area contributed by atoms with Crippen molar-refractivity contribution in [1.82, 2.24) is 4.90 Å². The van der Waals surface area contributed by atoms with E-state index in [0.717, 1.165) is 31.4 Å². The van der Waals surface area contributed by atoms with E-state index in [-0.39, 0.29) is 16.5 Å². The molecule has 0 spiro atoms. The van der Waals surface area contributed by atoms with E-state index in [4.69, 9.17) is 16.3 Å². The highest BCUT2D eigenvalue weighted by Gasteiger charge is 2.37. The molecule has 0 saturated carbocycles. The number of ether oxygens (including phenoxy) is 1. The summed E-state index contributed by atoms with van der Waals surface area (Å²) in [7, 11) is 3.80. The summed E-state index contributed by atoms with van der Waals surface area (Å²) in [5.41, 5.74) is 4.90. The summed E-state index contributed by atoms with van der Waals surface area (Å²) in [6.07, 6.45) is 2.78. The zero-order valence-corrected chi connectivity index (χ0v) is 15.6. The minimum Gasteiger partial charge on any atom is -0.495 e. The number of hydrogen-bond donors (Lipinski definition) is 0. The Morgan fingerprint density at radius 2 is 1.96 bits per heavy atom. The molecule has 2 atom stereocenters. The second kappa shape index (κ2) is 6.56. The zero-order valence-electron chi connectivity index (χ0n) is 14.9. The molecule has 1 aliphatic heterocycles. The second-order valence-electron chi connectivity index (χ2n) is 7.14. The molecule has 6 heteroatoms. The molecular weight excluding hydrogens is 352 g/mol. The minimum absolute atomic E-state index is 0.165. The van der Waals surface area contributed by atoms with Crippen molar-refractivity contribution in [1.29, 1.82) is 0 Å². The SMILES string of the molecule is COc1cc2c(cc1Cl)CCN(C)[C@H]1CCc3cc([N+](=O)[O-])ccc3[C@H]21. The molecule has 0 amide bonds. The first-order valence-electron chi connectivity index (χ1n) is 8.83. The quantitative estimate of drug-likeness (QED) is 0.585. The van der Waals surface area contributed by atoms with Crippen molar-refractivity contribution in [3.8, 4) is 5.75 Å². The van der Waals surface area contributed by atoms with Crippen LogP contribution in [-0.4, -0.2) is 36.6 Å². The molecule has 0 unspecified atom stereocenters. The van der Waals surface area contributed by atoms with Crippen molar-refractivity contribution < 1.29 is 9.66 Å². The number of hydrogen-bond acceptors (Lipinski definition) is 4. The van der Waals surface area contributed by atoms with Crippen molar-refractivity contribution >= 4 is 17.3 Å². The Kier molecular flexibility index (Phi) is 4.37. The topological polar surface area (TPSA) is 55.6 Å². The Morgan fingerprint density at radius 1 is 1.19 bits per heavy atom. The number of methoxy groups -OCH3 is 1. The molecule has 4 rings (SSSR count). The lowest BCUT2D eigenvalue weighted by Crippen LogP contribution is -2.39. The van der Waals surface area contributed by atoms with Crippen LogP contribution in [0.4, 0.5) is 5.69 Å².